The number of hydrogen-bond donors (Lipinski definition) is 3. The van der Waals surface area contributed by atoms with E-state index < -0.39 is 0 Å². The maximum atomic E-state index is 11.4. The van der Waals surface area contributed by atoms with Gasteiger partial charge in [-0.05, 0) is 73.9 Å². The van der Waals surface area contributed by atoms with Gasteiger partial charge >= 0.3 is 5.97 Å². The number of likely N-dealkylation sites (N-methyl/N-ethyl adjacent to an activating group) is 1. The van der Waals surface area contributed by atoms with Gasteiger partial charge < -0.3 is 26.0 Å². The second-order valence-electron chi connectivity index (χ2n) is 8.89. The van der Waals surface area contributed by atoms with Gasteiger partial charge in [0, 0.05) is 19.1 Å². The van der Waals surface area contributed by atoms with Crippen molar-refractivity contribution in [2.45, 2.75) is 58.2 Å². The van der Waals surface area contributed by atoms with Crippen molar-refractivity contribution in [2.75, 3.05) is 20.2 Å². The lowest BCUT2D eigenvalue weighted by atomic mass is 9.88. The maximum Gasteiger partial charge on any atom is 0.337 e. The first-order chi connectivity index (χ1) is 17.9. The average molecular weight is 511 g/mol. The maximum absolute atomic E-state index is 11.4. The topological polar surface area (TPSA) is 131 Å². The molecule has 0 saturated carbocycles. The molecular formula is C28H38N4O5. The predicted molar refractivity (Wildman–Crippen MR) is 142 cm³/mol. The number of ether oxygens (including phenoxy) is 1. The van der Waals surface area contributed by atoms with Crippen LogP contribution in [0.2, 0.25) is 0 Å². The average Bonchev–Trinajstić information content (AvgIpc) is 2.93. The Morgan fingerprint density at radius 2 is 1.89 bits per heavy atom. The van der Waals surface area contributed by atoms with Gasteiger partial charge in [-0.25, -0.2) is 4.79 Å². The number of carbonyl (C=O) groups excluding carboxylic acids is 4. The van der Waals surface area contributed by atoms with E-state index in [1.165, 1.54) is 30.2 Å². The molecule has 2 aromatic carbocycles. The van der Waals surface area contributed by atoms with Crippen LogP contribution in [0.15, 0.2) is 42.5 Å². The fourth-order valence-corrected chi connectivity index (χ4v) is 4.42. The molecule has 200 valence electrons. The summed E-state index contributed by atoms with van der Waals surface area (Å²) in [5, 5.41) is 5.39. The number of hydrogen-bond acceptors (Lipinski definition) is 6. The molecule has 0 aromatic heterocycles. The number of nitrogens with two attached hydrogens (primary N) is 1. The van der Waals surface area contributed by atoms with Crippen molar-refractivity contribution in [3.8, 4) is 0 Å². The molecule has 0 saturated heterocycles. The highest BCUT2D eigenvalue weighted by atomic mass is 16.5. The summed E-state index contributed by atoms with van der Waals surface area (Å²) in [5.41, 5.74) is 10.4. The lowest BCUT2D eigenvalue weighted by Gasteiger charge is -2.32. The second kappa shape index (κ2) is 15.4. The number of amides is 3. The van der Waals surface area contributed by atoms with Crippen molar-refractivity contribution in [1.82, 2.24) is 15.5 Å². The first-order valence-corrected chi connectivity index (χ1v) is 12.5. The molecule has 1 aliphatic heterocycles. The van der Waals surface area contributed by atoms with Gasteiger partial charge in [0.1, 0.15) is 0 Å². The fourth-order valence-electron chi connectivity index (χ4n) is 4.42. The third-order valence-corrected chi connectivity index (χ3v) is 6.40. The highest BCUT2D eigenvalue weighted by molar-refractivity contribution is 5.89. The molecule has 4 rings (SSSR count). The number of esters is 1. The monoisotopic (exact) mass is 510 g/mol. The standard InChI is InChI=1S/C13H15NO3.C11H13NO.C4H10N2O/c1-9-5-10-3-4-11(13(16)17-2)6-12(10)7-14(9)8-15;13-8-12-11-7-3-5-9-4-1-2-6-10(9)11;1-2-6-4(7)3-5/h3-4,6,8-9H,5,7H2,1-2H3;1-2,4,6,8,11H,3,5,7H2,(H,12,13);2-3,5H2,1H3,(H,6,7). The van der Waals surface area contributed by atoms with Gasteiger partial charge in [0.25, 0.3) is 0 Å². The van der Waals surface area contributed by atoms with Crippen molar-refractivity contribution in [3.05, 3.63) is 70.3 Å². The van der Waals surface area contributed by atoms with Crippen LogP contribution in [0.5, 0.6) is 0 Å². The summed E-state index contributed by atoms with van der Waals surface area (Å²) in [5.74, 6) is -0.438. The minimum atomic E-state index is -0.343. The number of methoxy groups -OCH3 is 1. The Morgan fingerprint density at radius 3 is 2.51 bits per heavy atom. The molecule has 0 spiro atoms. The Morgan fingerprint density at radius 1 is 1.14 bits per heavy atom. The first-order valence-electron chi connectivity index (χ1n) is 12.5. The summed E-state index contributed by atoms with van der Waals surface area (Å²) in [4.78, 5) is 44.6. The van der Waals surface area contributed by atoms with Crippen molar-refractivity contribution < 1.29 is 23.9 Å². The number of rotatable bonds is 6. The smallest absolute Gasteiger partial charge is 0.337 e. The van der Waals surface area contributed by atoms with Gasteiger partial charge in [0.15, 0.2) is 0 Å². The normalized spacial score (nSPS) is 17.2. The summed E-state index contributed by atoms with van der Waals surface area (Å²) >= 11 is 0. The molecule has 0 bridgehead atoms. The quantitative estimate of drug-likeness (QED) is 0.404. The van der Waals surface area contributed by atoms with Gasteiger partial charge in [-0.2, -0.15) is 0 Å². The molecule has 2 unspecified atom stereocenters. The summed E-state index contributed by atoms with van der Waals surface area (Å²) in [6, 6.07) is 14.3. The molecule has 3 amide bonds. The Hall–Kier alpha value is -3.72. The Kier molecular flexibility index (Phi) is 12.3. The third-order valence-electron chi connectivity index (χ3n) is 6.40. The number of fused-ring (bicyclic) bond motifs is 2. The van der Waals surface area contributed by atoms with Gasteiger partial charge in [0.05, 0.1) is 25.3 Å². The number of carbonyl (C=O) groups is 4. The fraction of sp³-hybridized carbons (Fsp3) is 0.429. The lowest BCUT2D eigenvalue weighted by molar-refractivity contribution is -0.121. The second-order valence-corrected chi connectivity index (χ2v) is 8.89. The molecule has 37 heavy (non-hydrogen) atoms. The van der Waals surface area contributed by atoms with Gasteiger partial charge in [-0.15, -0.1) is 0 Å². The SMILES string of the molecule is CCNC(=O)CN.COC(=O)c1ccc2c(c1)CN(C=O)C(C)C2.O=CNC1CCCc2ccccc21. The molecule has 1 heterocycles. The van der Waals surface area contributed by atoms with Crippen molar-refractivity contribution in [2.24, 2.45) is 5.73 Å². The zero-order valence-electron chi connectivity index (χ0n) is 21.9. The van der Waals surface area contributed by atoms with E-state index in [4.69, 9.17) is 5.73 Å². The van der Waals surface area contributed by atoms with Crippen molar-refractivity contribution in [3.63, 3.8) is 0 Å². The molecule has 2 aromatic rings. The Labute approximate surface area is 218 Å². The summed E-state index contributed by atoms with van der Waals surface area (Å²) < 4.78 is 4.68. The summed E-state index contributed by atoms with van der Waals surface area (Å²) in [6.45, 7) is 5.19. The first kappa shape index (κ1) is 29.5. The van der Waals surface area contributed by atoms with Gasteiger partial charge in [-0.3, -0.25) is 14.4 Å². The van der Waals surface area contributed by atoms with Gasteiger partial charge in [-0.1, -0.05) is 30.3 Å². The minimum absolute atomic E-state index is 0.0911. The molecule has 2 aliphatic rings. The van der Waals surface area contributed by atoms with Crippen LogP contribution in [0.4, 0.5) is 0 Å². The highest BCUT2D eigenvalue weighted by Crippen LogP contribution is 2.28. The highest BCUT2D eigenvalue weighted by Gasteiger charge is 2.22. The van der Waals surface area contributed by atoms with Crippen LogP contribution in [0.25, 0.3) is 0 Å². The zero-order chi connectivity index (χ0) is 27.2. The van der Waals surface area contributed by atoms with E-state index in [0.717, 1.165) is 37.6 Å². The predicted octanol–water partition coefficient (Wildman–Crippen LogP) is 2.27. The van der Waals surface area contributed by atoms with Crippen LogP contribution in [0.3, 0.4) is 0 Å². The molecule has 9 heteroatoms. The summed E-state index contributed by atoms with van der Waals surface area (Å²) in [6.07, 6.45) is 5.87. The Bertz CT molecular complexity index is 1060. The molecule has 0 fully saturated rings. The van der Waals surface area contributed by atoms with E-state index in [1.807, 2.05) is 32.0 Å². The van der Waals surface area contributed by atoms with Crippen LogP contribution in [-0.2, 0) is 38.5 Å². The zero-order valence-corrected chi connectivity index (χ0v) is 21.9. The number of nitrogens with zero attached hydrogens (tertiary/aromatic N) is 1. The van der Waals surface area contributed by atoms with E-state index in [-0.39, 0.29) is 30.5 Å². The number of nitrogens with one attached hydrogen (secondary N) is 2. The third kappa shape index (κ3) is 8.71. The lowest BCUT2D eigenvalue weighted by Crippen LogP contribution is -2.37. The number of benzene rings is 2. The van der Waals surface area contributed by atoms with E-state index in [1.54, 1.807) is 11.0 Å². The van der Waals surface area contributed by atoms with Crippen molar-refractivity contribution in [1.29, 1.82) is 0 Å². The number of aryl methyl sites for hydroxylation is 1. The van der Waals surface area contributed by atoms with Crippen molar-refractivity contribution >= 4 is 24.7 Å². The molecule has 1 aliphatic carbocycles. The molecule has 9 nitrogen and oxygen atoms in total. The van der Waals surface area contributed by atoms with Crippen LogP contribution >= 0.6 is 0 Å². The molecule has 2 atom stereocenters. The largest absolute Gasteiger partial charge is 0.465 e. The van der Waals surface area contributed by atoms with Crippen LogP contribution in [0, 0.1) is 0 Å². The van der Waals surface area contributed by atoms with Crippen LogP contribution < -0.4 is 16.4 Å². The van der Waals surface area contributed by atoms with E-state index >= 15 is 0 Å². The van der Waals surface area contributed by atoms with Gasteiger partial charge in [0.2, 0.25) is 18.7 Å². The summed E-state index contributed by atoms with van der Waals surface area (Å²) in [7, 11) is 1.36. The van der Waals surface area contributed by atoms with E-state index in [9.17, 15) is 19.2 Å². The molecular weight excluding hydrogens is 472 g/mol. The van der Waals surface area contributed by atoms with Crippen LogP contribution in [-0.4, -0.2) is 55.8 Å². The van der Waals surface area contributed by atoms with E-state index in [0.29, 0.717) is 18.7 Å². The van der Waals surface area contributed by atoms with Crippen LogP contribution in [0.1, 0.15) is 65.3 Å². The molecule has 4 N–H and O–H groups in total. The van der Waals surface area contributed by atoms with E-state index in [2.05, 4.69) is 33.6 Å². The Balaban J connectivity index is 0.000000213. The minimum Gasteiger partial charge on any atom is -0.465 e. The molecule has 0 radical (unpaired) electrons.